The minimum atomic E-state index is 0.829. The topological polar surface area (TPSA) is 18.1 Å². The molecule has 1 unspecified atom stereocenters. The molecule has 0 aromatic heterocycles. The Balaban J connectivity index is 1.87. The first-order valence-corrected chi connectivity index (χ1v) is 6.95. The van der Waals surface area contributed by atoms with Gasteiger partial charge in [-0.3, -0.25) is 0 Å². The van der Waals surface area contributed by atoms with E-state index in [1.165, 1.54) is 31.5 Å². The summed E-state index contributed by atoms with van der Waals surface area (Å²) in [5, 5.41) is 0. The van der Waals surface area contributed by atoms with E-state index < -0.39 is 0 Å². The van der Waals surface area contributed by atoms with Gasteiger partial charge in [-0.25, -0.2) is 0 Å². The van der Waals surface area contributed by atoms with Gasteiger partial charge in [-0.15, -0.1) is 0 Å². The van der Waals surface area contributed by atoms with E-state index >= 15 is 0 Å². The van der Waals surface area contributed by atoms with Gasteiger partial charge in [0.25, 0.3) is 0 Å². The van der Waals surface area contributed by atoms with Gasteiger partial charge >= 0.3 is 0 Å². The molecule has 1 saturated heterocycles. The number of rotatable bonds is 4. The highest BCUT2D eigenvalue weighted by Gasteiger charge is 2.25. The average molecular weight is 250 g/mol. The highest BCUT2D eigenvalue weighted by Crippen LogP contribution is 2.10. The van der Waals surface area contributed by atoms with Crippen LogP contribution in [0.4, 0.5) is 0 Å². The second-order valence-electron chi connectivity index (χ2n) is 5.60. The van der Waals surface area contributed by atoms with E-state index in [0.29, 0.717) is 0 Å². The Kier molecular flexibility index (Phi) is 4.61. The van der Waals surface area contributed by atoms with Gasteiger partial charge in [0.2, 0.25) is 0 Å². The minimum absolute atomic E-state index is 0.829. The number of hydrogen-bond donors (Lipinski definition) is 2. The number of piperidine rings is 1. The van der Waals surface area contributed by atoms with Gasteiger partial charge in [-0.05, 0) is 24.3 Å². The fraction of sp³-hybridized carbons (Fsp3) is 0.600. The van der Waals surface area contributed by atoms with Crippen molar-refractivity contribution in [2.45, 2.75) is 25.4 Å². The van der Waals surface area contributed by atoms with Crippen LogP contribution in [0.3, 0.4) is 0 Å². The van der Waals surface area contributed by atoms with Crippen molar-refractivity contribution in [3.8, 4) is 5.75 Å². The van der Waals surface area contributed by atoms with Crippen LogP contribution < -0.4 is 14.5 Å². The number of hydrogen-bond acceptors (Lipinski definition) is 1. The molecule has 18 heavy (non-hydrogen) atoms. The van der Waals surface area contributed by atoms with E-state index in [1.807, 2.05) is 0 Å². The molecule has 1 aliphatic heterocycles. The summed E-state index contributed by atoms with van der Waals surface area (Å²) in [6.45, 7) is 3.77. The van der Waals surface area contributed by atoms with Crippen molar-refractivity contribution in [3.63, 3.8) is 0 Å². The van der Waals surface area contributed by atoms with Gasteiger partial charge in [0.1, 0.15) is 12.3 Å². The molecule has 0 bridgehead atoms. The van der Waals surface area contributed by atoms with Gasteiger partial charge < -0.3 is 14.5 Å². The summed E-state index contributed by atoms with van der Waals surface area (Å²) in [7, 11) is 6.35. The van der Waals surface area contributed by atoms with E-state index in [4.69, 9.17) is 4.74 Å². The van der Waals surface area contributed by atoms with Crippen molar-refractivity contribution in [2.24, 2.45) is 0 Å². The zero-order valence-electron chi connectivity index (χ0n) is 11.8. The molecular weight excluding hydrogens is 224 g/mol. The number of ether oxygens (including phenoxy) is 1. The third-order valence-corrected chi connectivity index (χ3v) is 4.18. The van der Waals surface area contributed by atoms with Crippen molar-refractivity contribution >= 4 is 0 Å². The van der Waals surface area contributed by atoms with E-state index in [-0.39, 0.29) is 0 Å². The number of likely N-dealkylation sites (tertiary alicyclic amines) is 1. The molecule has 2 N–H and O–H groups in total. The second-order valence-corrected chi connectivity index (χ2v) is 5.60. The molecule has 0 amide bonds. The molecule has 1 heterocycles. The molecule has 1 fully saturated rings. The van der Waals surface area contributed by atoms with Crippen LogP contribution in [0.5, 0.6) is 5.75 Å². The van der Waals surface area contributed by atoms with Gasteiger partial charge in [-0.1, -0.05) is 0 Å². The predicted octanol–water partition coefficient (Wildman–Crippen LogP) is -0.613. The third kappa shape index (κ3) is 3.47. The first kappa shape index (κ1) is 13.4. The van der Waals surface area contributed by atoms with Crippen LogP contribution in [0.15, 0.2) is 24.3 Å². The van der Waals surface area contributed by atoms with Crippen molar-refractivity contribution in [1.29, 1.82) is 0 Å². The molecule has 0 spiro atoms. The first-order valence-electron chi connectivity index (χ1n) is 6.95. The zero-order chi connectivity index (χ0) is 13.0. The molecule has 0 aliphatic carbocycles. The molecule has 3 heteroatoms. The van der Waals surface area contributed by atoms with Crippen molar-refractivity contribution in [3.05, 3.63) is 29.8 Å². The maximum atomic E-state index is 5.19. The maximum Gasteiger partial charge on any atom is 0.118 e. The standard InChI is InChI=1S/C15H24N2O/c1-16-10-8-14(9-11-16)17(2)12-13-4-6-15(18-3)7-5-13/h4-7,14H,8-12H2,1-3H3/p+2. The van der Waals surface area contributed by atoms with Gasteiger partial charge in [-0.2, -0.15) is 0 Å². The second kappa shape index (κ2) is 6.21. The summed E-state index contributed by atoms with van der Waals surface area (Å²) in [6.07, 6.45) is 2.71. The summed E-state index contributed by atoms with van der Waals surface area (Å²) in [6, 6.07) is 9.31. The van der Waals surface area contributed by atoms with Crippen LogP contribution in [0.1, 0.15) is 18.4 Å². The Hall–Kier alpha value is -1.06. The van der Waals surface area contributed by atoms with Crippen molar-refractivity contribution < 1.29 is 14.5 Å². The molecular formula is C15H26N2O+2. The van der Waals surface area contributed by atoms with Gasteiger partial charge in [0.05, 0.1) is 40.3 Å². The molecule has 0 saturated carbocycles. The molecule has 1 aromatic carbocycles. The van der Waals surface area contributed by atoms with Crippen LogP contribution in [-0.2, 0) is 6.54 Å². The van der Waals surface area contributed by atoms with Crippen molar-refractivity contribution in [1.82, 2.24) is 0 Å². The molecule has 100 valence electrons. The molecule has 3 nitrogen and oxygen atoms in total. The quantitative estimate of drug-likeness (QED) is 0.729. The Morgan fingerprint density at radius 2 is 1.83 bits per heavy atom. The van der Waals surface area contributed by atoms with Gasteiger partial charge in [0, 0.05) is 18.4 Å². The van der Waals surface area contributed by atoms with Crippen LogP contribution in [-0.4, -0.2) is 40.3 Å². The highest BCUT2D eigenvalue weighted by molar-refractivity contribution is 5.26. The Morgan fingerprint density at radius 3 is 2.39 bits per heavy atom. The van der Waals surface area contributed by atoms with Gasteiger partial charge in [0.15, 0.2) is 0 Å². The lowest BCUT2D eigenvalue weighted by molar-refractivity contribution is -0.948. The number of methoxy groups -OCH3 is 1. The molecule has 0 radical (unpaired) electrons. The van der Waals surface area contributed by atoms with E-state index in [2.05, 4.69) is 38.4 Å². The van der Waals surface area contributed by atoms with E-state index in [0.717, 1.165) is 18.3 Å². The Bertz CT molecular complexity index is 355. The van der Waals surface area contributed by atoms with Crippen LogP contribution in [0.2, 0.25) is 0 Å². The molecule has 1 atom stereocenters. The lowest BCUT2D eigenvalue weighted by Crippen LogP contribution is -3.17. The summed E-state index contributed by atoms with van der Waals surface area (Å²) in [5.74, 6) is 0.944. The fourth-order valence-electron chi connectivity index (χ4n) is 2.81. The van der Waals surface area contributed by atoms with Crippen LogP contribution in [0.25, 0.3) is 0 Å². The summed E-state index contributed by atoms with van der Waals surface area (Å²) in [4.78, 5) is 3.33. The SMILES string of the molecule is COc1ccc(C[NH+](C)C2CC[NH+](C)CC2)cc1. The van der Waals surface area contributed by atoms with Crippen molar-refractivity contribution in [2.75, 3.05) is 34.3 Å². The molecule has 2 rings (SSSR count). The highest BCUT2D eigenvalue weighted by atomic mass is 16.5. The average Bonchev–Trinajstić information content (AvgIpc) is 2.40. The Labute approximate surface area is 110 Å². The largest absolute Gasteiger partial charge is 0.497 e. The van der Waals surface area contributed by atoms with Crippen LogP contribution >= 0.6 is 0 Å². The predicted molar refractivity (Wildman–Crippen MR) is 73.2 cm³/mol. The fourth-order valence-corrected chi connectivity index (χ4v) is 2.81. The molecule has 1 aliphatic rings. The maximum absolute atomic E-state index is 5.19. The monoisotopic (exact) mass is 250 g/mol. The number of benzene rings is 1. The van der Waals surface area contributed by atoms with E-state index in [9.17, 15) is 0 Å². The molecule has 1 aromatic rings. The number of nitrogens with one attached hydrogen (secondary N) is 2. The zero-order valence-corrected chi connectivity index (χ0v) is 11.8. The normalized spacial score (nSPS) is 25.7. The number of quaternary nitrogens is 2. The first-order chi connectivity index (χ1) is 8.69. The summed E-state index contributed by atoms with van der Waals surface area (Å²) in [5.41, 5.74) is 1.40. The smallest absolute Gasteiger partial charge is 0.118 e. The lowest BCUT2D eigenvalue weighted by atomic mass is 10.0. The third-order valence-electron chi connectivity index (χ3n) is 4.18. The summed E-state index contributed by atoms with van der Waals surface area (Å²) < 4.78 is 5.19. The van der Waals surface area contributed by atoms with E-state index in [1.54, 1.807) is 16.9 Å². The van der Waals surface area contributed by atoms with Crippen LogP contribution in [0, 0.1) is 0 Å². The lowest BCUT2D eigenvalue weighted by Gasteiger charge is -2.30. The summed E-state index contributed by atoms with van der Waals surface area (Å²) >= 11 is 0. The minimum Gasteiger partial charge on any atom is -0.497 e. The Morgan fingerprint density at radius 1 is 1.22 bits per heavy atom.